The highest BCUT2D eigenvalue weighted by Gasteiger charge is 2.03. The third-order valence-corrected chi connectivity index (χ3v) is 4.51. The summed E-state index contributed by atoms with van der Waals surface area (Å²) in [6.07, 6.45) is 0. The van der Waals surface area contributed by atoms with Gasteiger partial charge in [-0.2, -0.15) is 0 Å². The van der Waals surface area contributed by atoms with Gasteiger partial charge in [-0.1, -0.05) is 53.5 Å². The zero-order valence-electron chi connectivity index (χ0n) is 10.4. The van der Waals surface area contributed by atoms with E-state index in [-0.39, 0.29) is 0 Å². The van der Waals surface area contributed by atoms with Crippen molar-refractivity contribution in [3.05, 3.63) is 64.1 Å². The Labute approximate surface area is 128 Å². The van der Waals surface area contributed by atoms with Crippen LogP contribution in [0.4, 0.5) is 0 Å². The maximum atomic E-state index is 6.12. The summed E-state index contributed by atoms with van der Waals surface area (Å²) in [5, 5.41) is 4.63. The predicted octanol–water partition coefficient (Wildman–Crippen LogP) is 4.88. The Morgan fingerprint density at radius 2 is 1.74 bits per heavy atom. The summed E-state index contributed by atoms with van der Waals surface area (Å²) in [5.41, 5.74) is 1.04. The molecule has 0 spiro atoms. The topological polar surface area (TPSA) is 12.0 Å². The first kappa shape index (κ1) is 14.7. The molecule has 0 aromatic heterocycles. The summed E-state index contributed by atoms with van der Waals surface area (Å²) in [5.74, 6) is 1.03. The Hall–Kier alpha value is -0.670. The maximum absolute atomic E-state index is 6.12. The number of hydrogen-bond acceptors (Lipinski definition) is 2. The van der Waals surface area contributed by atoms with E-state index < -0.39 is 0 Å². The molecule has 0 fully saturated rings. The van der Waals surface area contributed by atoms with Gasteiger partial charge in [0, 0.05) is 23.7 Å². The van der Waals surface area contributed by atoms with Crippen molar-refractivity contribution in [3.8, 4) is 0 Å². The van der Waals surface area contributed by atoms with Crippen molar-refractivity contribution >= 4 is 35.0 Å². The summed E-state index contributed by atoms with van der Waals surface area (Å²) in [4.78, 5) is 1.30. The summed E-state index contributed by atoms with van der Waals surface area (Å²) in [7, 11) is 0. The van der Waals surface area contributed by atoms with Crippen LogP contribution in [-0.4, -0.2) is 12.3 Å². The van der Waals surface area contributed by atoms with Gasteiger partial charge in [-0.15, -0.1) is 11.8 Å². The SMILES string of the molecule is Clc1cccc(CNCCSc2ccccc2)c1Cl. The van der Waals surface area contributed by atoms with Crippen LogP contribution in [0, 0.1) is 0 Å². The molecule has 2 aromatic rings. The van der Waals surface area contributed by atoms with Gasteiger partial charge >= 0.3 is 0 Å². The van der Waals surface area contributed by atoms with Crippen molar-refractivity contribution in [1.82, 2.24) is 5.32 Å². The van der Waals surface area contributed by atoms with Crippen LogP contribution in [0.15, 0.2) is 53.4 Å². The van der Waals surface area contributed by atoms with Crippen LogP contribution in [0.5, 0.6) is 0 Å². The van der Waals surface area contributed by atoms with E-state index in [1.807, 2.05) is 30.0 Å². The Balaban J connectivity index is 1.71. The average Bonchev–Trinajstić information content (AvgIpc) is 2.44. The molecule has 0 aliphatic heterocycles. The summed E-state index contributed by atoms with van der Waals surface area (Å²) in [6, 6.07) is 16.1. The molecule has 0 unspecified atom stereocenters. The van der Waals surface area contributed by atoms with Gasteiger partial charge in [0.15, 0.2) is 0 Å². The monoisotopic (exact) mass is 311 g/mol. The lowest BCUT2D eigenvalue weighted by atomic mass is 10.2. The molecule has 0 saturated heterocycles. The van der Waals surface area contributed by atoms with Gasteiger partial charge in [0.1, 0.15) is 0 Å². The van der Waals surface area contributed by atoms with Crippen molar-refractivity contribution < 1.29 is 0 Å². The molecule has 100 valence electrons. The van der Waals surface area contributed by atoms with Crippen LogP contribution in [0.2, 0.25) is 10.0 Å². The Kier molecular flexibility index (Phi) is 6.05. The molecule has 0 aliphatic rings. The second-order valence-corrected chi connectivity index (χ2v) is 6.00. The fourth-order valence-corrected chi connectivity index (χ4v) is 2.88. The van der Waals surface area contributed by atoms with Gasteiger partial charge < -0.3 is 5.32 Å². The summed E-state index contributed by atoms with van der Waals surface area (Å²) in [6.45, 7) is 1.68. The number of halogens is 2. The van der Waals surface area contributed by atoms with Gasteiger partial charge in [0.25, 0.3) is 0 Å². The minimum atomic E-state index is 0.611. The molecule has 0 amide bonds. The van der Waals surface area contributed by atoms with Crippen LogP contribution in [0.25, 0.3) is 0 Å². The third-order valence-electron chi connectivity index (χ3n) is 2.64. The largest absolute Gasteiger partial charge is 0.312 e. The standard InChI is InChI=1S/C15H15Cl2NS/c16-14-8-4-5-12(15(14)17)11-18-9-10-19-13-6-2-1-3-7-13/h1-8,18H,9-11H2. The fourth-order valence-electron chi connectivity index (χ4n) is 1.67. The zero-order chi connectivity index (χ0) is 13.5. The van der Waals surface area contributed by atoms with Crippen molar-refractivity contribution in [1.29, 1.82) is 0 Å². The van der Waals surface area contributed by atoms with Crippen molar-refractivity contribution in [3.63, 3.8) is 0 Å². The number of nitrogens with one attached hydrogen (secondary N) is 1. The first-order chi connectivity index (χ1) is 9.27. The lowest BCUT2D eigenvalue weighted by Gasteiger charge is -2.07. The molecule has 0 heterocycles. The maximum Gasteiger partial charge on any atom is 0.0637 e. The predicted molar refractivity (Wildman–Crippen MR) is 85.3 cm³/mol. The van der Waals surface area contributed by atoms with Crippen molar-refractivity contribution in [2.75, 3.05) is 12.3 Å². The number of rotatable bonds is 6. The van der Waals surface area contributed by atoms with Gasteiger partial charge in [0.2, 0.25) is 0 Å². The van der Waals surface area contributed by atoms with E-state index in [1.54, 1.807) is 6.07 Å². The highest BCUT2D eigenvalue weighted by atomic mass is 35.5. The molecular formula is C15H15Cl2NS. The molecule has 4 heteroatoms. The van der Waals surface area contributed by atoms with E-state index in [2.05, 4.69) is 29.6 Å². The summed E-state index contributed by atoms with van der Waals surface area (Å²) >= 11 is 13.9. The van der Waals surface area contributed by atoms with E-state index in [0.29, 0.717) is 10.0 Å². The molecule has 2 aromatic carbocycles. The van der Waals surface area contributed by atoms with Crippen molar-refractivity contribution in [2.45, 2.75) is 11.4 Å². The molecular weight excluding hydrogens is 297 g/mol. The number of thioether (sulfide) groups is 1. The minimum Gasteiger partial charge on any atom is -0.312 e. The van der Waals surface area contributed by atoms with E-state index in [4.69, 9.17) is 23.2 Å². The quantitative estimate of drug-likeness (QED) is 0.603. The molecule has 1 N–H and O–H groups in total. The highest BCUT2D eigenvalue weighted by Crippen LogP contribution is 2.25. The second kappa shape index (κ2) is 7.81. The van der Waals surface area contributed by atoms with Gasteiger partial charge in [-0.05, 0) is 23.8 Å². The highest BCUT2D eigenvalue weighted by molar-refractivity contribution is 7.99. The molecule has 1 nitrogen and oxygen atoms in total. The molecule has 0 saturated carbocycles. The fraction of sp³-hybridized carbons (Fsp3) is 0.200. The number of benzene rings is 2. The third kappa shape index (κ3) is 4.73. The molecule has 0 radical (unpaired) electrons. The Morgan fingerprint density at radius 3 is 2.53 bits per heavy atom. The van der Waals surface area contributed by atoms with E-state index in [0.717, 1.165) is 24.4 Å². The van der Waals surface area contributed by atoms with Crippen LogP contribution in [0.1, 0.15) is 5.56 Å². The molecule has 0 atom stereocenters. The van der Waals surface area contributed by atoms with E-state index in [9.17, 15) is 0 Å². The van der Waals surface area contributed by atoms with E-state index in [1.165, 1.54) is 4.90 Å². The van der Waals surface area contributed by atoms with Crippen LogP contribution < -0.4 is 5.32 Å². The lowest BCUT2D eigenvalue weighted by molar-refractivity contribution is 0.732. The summed E-state index contributed by atoms with van der Waals surface area (Å²) < 4.78 is 0. The first-order valence-electron chi connectivity index (χ1n) is 6.09. The van der Waals surface area contributed by atoms with Gasteiger partial charge in [-0.25, -0.2) is 0 Å². The van der Waals surface area contributed by atoms with Gasteiger partial charge in [0.05, 0.1) is 10.0 Å². The van der Waals surface area contributed by atoms with E-state index >= 15 is 0 Å². The zero-order valence-corrected chi connectivity index (χ0v) is 12.7. The smallest absolute Gasteiger partial charge is 0.0637 e. The normalized spacial score (nSPS) is 10.6. The molecule has 0 aliphatic carbocycles. The first-order valence-corrected chi connectivity index (χ1v) is 7.83. The lowest BCUT2D eigenvalue weighted by Crippen LogP contribution is -2.16. The van der Waals surface area contributed by atoms with Crippen molar-refractivity contribution in [2.24, 2.45) is 0 Å². The number of hydrogen-bond donors (Lipinski definition) is 1. The molecule has 0 bridgehead atoms. The van der Waals surface area contributed by atoms with Crippen LogP contribution in [0.3, 0.4) is 0 Å². The average molecular weight is 312 g/mol. The van der Waals surface area contributed by atoms with Crippen LogP contribution in [-0.2, 0) is 6.54 Å². The molecule has 19 heavy (non-hydrogen) atoms. The Bertz CT molecular complexity index is 517. The van der Waals surface area contributed by atoms with Crippen LogP contribution >= 0.6 is 35.0 Å². The second-order valence-electron chi connectivity index (χ2n) is 4.05. The Morgan fingerprint density at radius 1 is 0.947 bits per heavy atom. The minimum absolute atomic E-state index is 0.611. The van der Waals surface area contributed by atoms with Gasteiger partial charge in [-0.3, -0.25) is 0 Å². The molecule has 2 rings (SSSR count).